The molecular weight excluding hydrogens is 362 g/mol. The van der Waals surface area contributed by atoms with Crippen LogP contribution in [-0.2, 0) is 0 Å². The summed E-state index contributed by atoms with van der Waals surface area (Å²) < 4.78 is 6.78. The molecule has 0 radical (unpaired) electrons. The summed E-state index contributed by atoms with van der Waals surface area (Å²) in [7, 11) is 1.57. The molecule has 2 heterocycles. The number of methoxy groups -OCH3 is 1. The number of nitriles is 1. The highest BCUT2D eigenvalue weighted by Crippen LogP contribution is 2.29. The van der Waals surface area contributed by atoms with E-state index >= 15 is 0 Å². The van der Waals surface area contributed by atoms with E-state index in [0.717, 1.165) is 21.9 Å². The molecule has 6 nitrogen and oxygen atoms in total. The first-order chi connectivity index (χ1) is 13.2. The molecule has 0 aliphatic heterocycles. The lowest BCUT2D eigenvalue weighted by Gasteiger charge is -2.11. The van der Waals surface area contributed by atoms with Gasteiger partial charge >= 0.3 is 0 Å². The van der Waals surface area contributed by atoms with Crippen molar-refractivity contribution < 1.29 is 4.74 Å². The molecule has 132 valence electrons. The van der Waals surface area contributed by atoms with Crippen molar-refractivity contribution in [3.05, 3.63) is 71.6 Å². The summed E-state index contributed by atoms with van der Waals surface area (Å²) in [4.78, 5) is 4.26. The highest BCUT2D eigenvalue weighted by Gasteiger charge is 2.19. The van der Waals surface area contributed by atoms with Gasteiger partial charge in [-0.3, -0.25) is 4.98 Å². The predicted octanol–water partition coefficient (Wildman–Crippen LogP) is 4.27. The Bertz CT molecular complexity index is 1160. The molecule has 0 aliphatic carbocycles. The van der Waals surface area contributed by atoms with Crippen LogP contribution in [0.2, 0.25) is 5.02 Å². The first-order valence-electron chi connectivity index (χ1n) is 8.18. The van der Waals surface area contributed by atoms with Crippen LogP contribution >= 0.6 is 11.6 Å². The summed E-state index contributed by atoms with van der Waals surface area (Å²) in [6.45, 7) is 0. The molecule has 0 fully saturated rings. The number of pyridine rings is 1. The largest absolute Gasteiger partial charge is 0.497 e. The van der Waals surface area contributed by atoms with Gasteiger partial charge in [-0.05, 0) is 23.6 Å². The van der Waals surface area contributed by atoms with E-state index in [2.05, 4.69) is 21.4 Å². The van der Waals surface area contributed by atoms with E-state index in [0.29, 0.717) is 16.5 Å². The Balaban J connectivity index is 1.77. The predicted molar refractivity (Wildman–Crippen MR) is 103 cm³/mol. The van der Waals surface area contributed by atoms with Crippen molar-refractivity contribution in [2.75, 3.05) is 7.11 Å². The van der Waals surface area contributed by atoms with Crippen LogP contribution in [0.15, 0.2) is 61.1 Å². The summed E-state index contributed by atoms with van der Waals surface area (Å²) in [5.74, 6) is 0.627. The molecule has 0 saturated carbocycles. The lowest BCUT2D eigenvalue weighted by Crippen LogP contribution is -2.10. The Hall–Kier alpha value is -3.43. The summed E-state index contributed by atoms with van der Waals surface area (Å²) in [6, 6.07) is 14.8. The lowest BCUT2D eigenvalue weighted by molar-refractivity contribution is 0.415. The average Bonchev–Trinajstić information content (AvgIpc) is 3.18. The normalized spacial score (nSPS) is 11.9. The summed E-state index contributed by atoms with van der Waals surface area (Å²) in [5.41, 5.74) is 2.14. The van der Waals surface area contributed by atoms with Crippen LogP contribution in [0.25, 0.3) is 22.0 Å². The minimum atomic E-state index is -0.647. The SMILES string of the molecule is COc1cc(Cl)cc(-c2cn(C(C#N)c3cncc4ccccc34)nn2)c1. The highest BCUT2D eigenvalue weighted by molar-refractivity contribution is 6.31. The van der Waals surface area contributed by atoms with Gasteiger partial charge in [0.15, 0.2) is 6.04 Å². The Morgan fingerprint density at radius 3 is 2.85 bits per heavy atom. The van der Waals surface area contributed by atoms with Crippen molar-refractivity contribution in [1.29, 1.82) is 5.26 Å². The summed E-state index contributed by atoms with van der Waals surface area (Å²) in [5, 5.41) is 20.6. The zero-order valence-electron chi connectivity index (χ0n) is 14.4. The van der Waals surface area contributed by atoms with Crippen LogP contribution in [0.3, 0.4) is 0 Å². The second kappa shape index (κ2) is 7.06. The molecule has 4 rings (SSSR count). The van der Waals surface area contributed by atoms with Crippen molar-refractivity contribution in [2.24, 2.45) is 0 Å². The fourth-order valence-corrected chi connectivity index (χ4v) is 3.22. The quantitative estimate of drug-likeness (QED) is 0.532. The van der Waals surface area contributed by atoms with Gasteiger partial charge in [0.25, 0.3) is 0 Å². The molecule has 2 aromatic carbocycles. The molecule has 0 aliphatic rings. The van der Waals surface area contributed by atoms with E-state index in [1.807, 2.05) is 30.3 Å². The fraction of sp³-hybridized carbons (Fsp3) is 0.100. The van der Waals surface area contributed by atoms with Crippen molar-refractivity contribution in [3.8, 4) is 23.1 Å². The highest BCUT2D eigenvalue weighted by atomic mass is 35.5. The van der Waals surface area contributed by atoms with Gasteiger partial charge in [-0.25, -0.2) is 4.68 Å². The van der Waals surface area contributed by atoms with Crippen LogP contribution in [0.1, 0.15) is 11.6 Å². The standard InChI is InChI=1S/C20H14ClN5O/c1-27-16-7-14(6-15(21)8-16)19-12-26(25-24-19)20(9-22)18-11-23-10-13-4-2-3-5-17(13)18/h2-8,10-12,20H,1H3. The Morgan fingerprint density at radius 1 is 1.19 bits per heavy atom. The third-order valence-electron chi connectivity index (χ3n) is 4.29. The average molecular weight is 376 g/mol. The maximum atomic E-state index is 9.79. The topological polar surface area (TPSA) is 76.6 Å². The molecule has 7 heteroatoms. The molecule has 1 unspecified atom stereocenters. The number of halogens is 1. The molecule has 0 amide bonds. The number of fused-ring (bicyclic) bond motifs is 1. The van der Waals surface area contributed by atoms with Gasteiger partial charge in [0.1, 0.15) is 11.4 Å². The van der Waals surface area contributed by atoms with Crippen molar-refractivity contribution in [2.45, 2.75) is 6.04 Å². The van der Waals surface area contributed by atoms with Crippen molar-refractivity contribution >= 4 is 22.4 Å². The van der Waals surface area contributed by atoms with Crippen molar-refractivity contribution in [1.82, 2.24) is 20.0 Å². The fourth-order valence-electron chi connectivity index (χ4n) is 2.99. The summed E-state index contributed by atoms with van der Waals surface area (Å²) >= 11 is 6.14. The lowest BCUT2D eigenvalue weighted by atomic mass is 10.0. The number of ether oxygens (including phenoxy) is 1. The van der Waals surface area contributed by atoms with Crippen molar-refractivity contribution in [3.63, 3.8) is 0 Å². The van der Waals surface area contributed by atoms with Gasteiger partial charge in [0, 0.05) is 33.9 Å². The molecule has 0 spiro atoms. The molecule has 0 saturated heterocycles. The molecule has 0 N–H and O–H groups in total. The Morgan fingerprint density at radius 2 is 2.04 bits per heavy atom. The van der Waals surface area contributed by atoms with Crippen LogP contribution in [0.5, 0.6) is 5.75 Å². The molecule has 2 aromatic heterocycles. The van der Waals surface area contributed by atoms with E-state index in [9.17, 15) is 5.26 Å². The molecule has 4 aromatic rings. The van der Waals surface area contributed by atoms with Gasteiger partial charge in [-0.15, -0.1) is 5.10 Å². The third-order valence-corrected chi connectivity index (χ3v) is 4.51. The minimum absolute atomic E-state index is 0.536. The van der Waals surface area contributed by atoms with Crippen LogP contribution in [-0.4, -0.2) is 27.1 Å². The van der Waals surface area contributed by atoms with Gasteiger partial charge in [0.05, 0.1) is 19.4 Å². The number of benzene rings is 2. The maximum Gasteiger partial charge on any atom is 0.167 e. The third kappa shape index (κ3) is 3.21. The first-order valence-corrected chi connectivity index (χ1v) is 8.56. The Kier molecular flexibility index (Phi) is 4.45. The zero-order valence-corrected chi connectivity index (χ0v) is 15.1. The smallest absolute Gasteiger partial charge is 0.167 e. The molecular formula is C20H14ClN5O. The molecule has 0 bridgehead atoms. The number of nitrogens with zero attached hydrogens (tertiary/aromatic N) is 5. The number of aromatic nitrogens is 4. The van der Waals surface area contributed by atoms with E-state index in [1.165, 1.54) is 4.68 Å². The van der Waals surface area contributed by atoms with E-state index in [-0.39, 0.29) is 0 Å². The van der Waals surface area contributed by atoms with E-state index in [1.54, 1.807) is 37.8 Å². The number of hydrogen-bond donors (Lipinski definition) is 0. The van der Waals surface area contributed by atoms with Crippen LogP contribution in [0.4, 0.5) is 0 Å². The Labute approximate surface area is 160 Å². The van der Waals surface area contributed by atoms with E-state index in [4.69, 9.17) is 16.3 Å². The van der Waals surface area contributed by atoms with Gasteiger partial charge in [0.2, 0.25) is 0 Å². The molecule has 1 atom stereocenters. The molecule has 27 heavy (non-hydrogen) atoms. The van der Waals surface area contributed by atoms with Crippen LogP contribution < -0.4 is 4.74 Å². The van der Waals surface area contributed by atoms with Gasteiger partial charge in [-0.2, -0.15) is 5.26 Å². The van der Waals surface area contributed by atoms with Crippen LogP contribution in [0, 0.1) is 11.3 Å². The minimum Gasteiger partial charge on any atom is -0.497 e. The zero-order chi connectivity index (χ0) is 18.8. The first kappa shape index (κ1) is 17.0. The van der Waals surface area contributed by atoms with Gasteiger partial charge < -0.3 is 4.74 Å². The second-order valence-electron chi connectivity index (χ2n) is 5.95. The van der Waals surface area contributed by atoms with E-state index < -0.39 is 6.04 Å². The maximum absolute atomic E-state index is 9.79. The number of rotatable bonds is 4. The number of hydrogen-bond acceptors (Lipinski definition) is 5. The summed E-state index contributed by atoms with van der Waals surface area (Å²) in [6.07, 6.45) is 5.19. The second-order valence-corrected chi connectivity index (χ2v) is 6.38. The monoisotopic (exact) mass is 375 g/mol. The van der Waals surface area contributed by atoms with Gasteiger partial charge in [-0.1, -0.05) is 41.1 Å².